The van der Waals surface area contributed by atoms with Crippen LogP contribution in [0.2, 0.25) is 0 Å². The zero-order valence-corrected chi connectivity index (χ0v) is 10.6. The number of hydrogen-bond acceptors (Lipinski definition) is 3. The van der Waals surface area contributed by atoms with Crippen LogP contribution in [0.5, 0.6) is 0 Å². The molecule has 0 unspecified atom stereocenters. The molecule has 1 aromatic heterocycles. The van der Waals surface area contributed by atoms with Crippen LogP contribution >= 0.6 is 0 Å². The minimum Gasteiger partial charge on any atom is -0.395 e. The molecular weight excluding hydrogens is 214 g/mol. The quantitative estimate of drug-likeness (QED) is 0.850. The topological polar surface area (TPSA) is 50.1 Å². The number of aromatic nitrogens is 2. The number of aliphatic hydroxyl groups excluding tert-OH is 1. The predicted octanol–water partition coefficient (Wildman–Crippen LogP) is 2.16. The standard InChI is InChI=1S/C13H19N3O/c1-9(2)14-13-15-11-5-4-10(3)8-12(11)16(13)6-7-17/h4-5,8-9,17H,6-7H2,1-3H3,(H,14,15). The lowest BCUT2D eigenvalue weighted by atomic mass is 10.2. The van der Waals surface area contributed by atoms with E-state index in [-0.39, 0.29) is 6.61 Å². The molecule has 92 valence electrons. The van der Waals surface area contributed by atoms with Crippen LogP contribution in [0.4, 0.5) is 5.95 Å². The van der Waals surface area contributed by atoms with Crippen molar-refractivity contribution < 1.29 is 5.11 Å². The van der Waals surface area contributed by atoms with Gasteiger partial charge in [0.15, 0.2) is 0 Å². The molecule has 2 rings (SSSR count). The summed E-state index contributed by atoms with van der Waals surface area (Å²) in [4.78, 5) is 4.55. The fraction of sp³-hybridized carbons (Fsp3) is 0.462. The first kappa shape index (κ1) is 11.9. The first-order valence-electron chi connectivity index (χ1n) is 5.96. The summed E-state index contributed by atoms with van der Waals surface area (Å²) < 4.78 is 2.03. The summed E-state index contributed by atoms with van der Waals surface area (Å²) in [6.45, 7) is 6.90. The maximum Gasteiger partial charge on any atom is 0.204 e. The molecule has 4 heteroatoms. The van der Waals surface area contributed by atoms with Crippen molar-refractivity contribution in [2.24, 2.45) is 0 Å². The van der Waals surface area contributed by atoms with Gasteiger partial charge in [-0.2, -0.15) is 0 Å². The van der Waals surface area contributed by atoms with Crippen molar-refractivity contribution in [3.05, 3.63) is 23.8 Å². The van der Waals surface area contributed by atoms with Crippen LogP contribution in [0.15, 0.2) is 18.2 Å². The number of nitrogens with one attached hydrogen (secondary N) is 1. The minimum atomic E-state index is 0.117. The Morgan fingerprint density at radius 1 is 1.41 bits per heavy atom. The third-order valence-corrected chi connectivity index (χ3v) is 2.65. The Kier molecular flexibility index (Phi) is 3.33. The van der Waals surface area contributed by atoms with Gasteiger partial charge in [-0.15, -0.1) is 0 Å². The van der Waals surface area contributed by atoms with Crippen LogP contribution in [-0.4, -0.2) is 27.3 Å². The highest BCUT2D eigenvalue weighted by molar-refractivity contribution is 5.79. The van der Waals surface area contributed by atoms with Gasteiger partial charge < -0.3 is 15.0 Å². The van der Waals surface area contributed by atoms with Crippen molar-refractivity contribution in [3.8, 4) is 0 Å². The molecule has 4 nitrogen and oxygen atoms in total. The molecule has 2 N–H and O–H groups in total. The molecule has 0 fully saturated rings. The van der Waals surface area contributed by atoms with E-state index in [2.05, 4.69) is 43.2 Å². The molecule has 0 saturated carbocycles. The van der Waals surface area contributed by atoms with Crippen LogP contribution in [0.25, 0.3) is 11.0 Å². The molecule has 1 aromatic carbocycles. The molecule has 0 aliphatic rings. The van der Waals surface area contributed by atoms with Gasteiger partial charge in [0.2, 0.25) is 5.95 Å². The normalized spacial score (nSPS) is 11.4. The lowest BCUT2D eigenvalue weighted by Crippen LogP contribution is -2.15. The number of nitrogens with zero attached hydrogens (tertiary/aromatic N) is 2. The average Bonchev–Trinajstić information content (AvgIpc) is 2.57. The highest BCUT2D eigenvalue weighted by Crippen LogP contribution is 2.21. The van der Waals surface area contributed by atoms with Gasteiger partial charge in [0.1, 0.15) is 0 Å². The van der Waals surface area contributed by atoms with E-state index in [0.29, 0.717) is 12.6 Å². The Morgan fingerprint density at radius 3 is 2.82 bits per heavy atom. The molecular formula is C13H19N3O. The number of hydrogen-bond donors (Lipinski definition) is 2. The predicted molar refractivity (Wildman–Crippen MR) is 70.3 cm³/mol. The van der Waals surface area contributed by atoms with Crippen molar-refractivity contribution >= 4 is 17.0 Å². The molecule has 0 atom stereocenters. The lowest BCUT2D eigenvalue weighted by Gasteiger charge is -2.11. The maximum atomic E-state index is 9.15. The van der Waals surface area contributed by atoms with Gasteiger partial charge in [0.05, 0.1) is 17.6 Å². The van der Waals surface area contributed by atoms with Crippen molar-refractivity contribution in [3.63, 3.8) is 0 Å². The second-order valence-corrected chi connectivity index (χ2v) is 4.60. The molecule has 0 spiro atoms. The SMILES string of the molecule is Cc1ccc2nc(NC(C)C)n(CCO)c2c1. The fourth-order valence-electron chi connectivity index (χ4n) is 1.93. The lowest BCUT2D eigenvalue weighted by molar-refractivity contribution is 0.278. The zero-order chi connectivity index (χ0) is 12.4. The van der Waals surface area contributed by atoms with Crippen molar-refractivity contribution in [1.82, 2.24) is 9.55 Å². The Labute approximate surface area is 101 Å². The summed E-state index contributed by atoms with van der Waals surface area (Å²) in [5.74, 6) is 0.828. The monoisotopic (exact) mass is 233 g/mol. The summed E-state index contributed by atoms with van der Waals surface area (Å²) >= 11 is 0. The molecule has 0 saturated heterocycles. The highest BCUT2D eigenvalue weighted by Gasteiger charge is 2.10. The van der Waals surface area contributed by atoms with E-state index >= 15 is 0 Å². The molecule has 0 aliphatic heterocycles. The Morgan fingerprint density at radius 2 is 2.18 bits per heavy atom. The van der Waals surface area contributed by atoms with E-state index in [1.807, 2.05) is 10.6 Å². The van der Waals surface area contributed by atoms with E-state index in [9.17, 15) is 0 Å². The second kappa shape index (κ2) is 4.75. The molecule has 2 aromatic rings. The maximum absolute atomic E-state index is 9.15. The second-order valence-electron chi connectivity index (χ2n) is 4.60. The van der Waals surface area contributed by atoms with Gasteiger partial charge in [0.25, 0.3) is 0 Å². The fourth-order valence-corrected chi connectivity index (χ4v) is 1.93. The van der Waals surface area contributed by atoms with E-state index in [1.165, 1.54) is 5.56 Å². The van der Waals surface area contributed by atoms with Crippen molar-refractivity contribution in [2.45, 2.75) is 33.4 Å². The Balaban J connectivity index is 2.54. The van der Waals surface area contributed by atoms with Gasteiger partial charge in [-0.25, -0.2) is 4.98 Å². The van der Waals surface area contributed by atoms with Gasteiger partial charge >= 0.3 is 0 Å². The van der Waals surface area contributed by atoms with Crippen LogP contribution in [0.1, 0.15) is 19.4 Å². The van der Waals surface area contributed by atoms with Crippen LogP contribution in [0, 0.1) is 6.92 Å². The zero-order valence-electron chi connectivity index (χ0n) is 10.6. The number of rotatable bonds is 4. The van der Waals surface area contributed by atoms with Gasteiger partial charge in [-0.05, 0) is 38.5 Å². The molecule has 0 radical (unpaired) electrons. The van der Waals surface area contributed by atoms with E-state index in [1.54, 1.807) is 0 Å². The third kappa shape index (κ3) is 2.42. The summed E-state index contributed by atoms with van der Waals surface area (Å²) in [5.41, 5.74) is 3.24. The van der Waals surface area contributed by atoms with Gasteiger partial charge in [-0.1, -0.05) is 6.07 Å². The highest BCUT2D eigenvalue weighted by atomic mass is 16.3. The number of aryl methyl sites for hydroxylation is 1. The van der Waals surface area contributed by atoms with Gasteiger partial charge in [-0.3, -0.25) is 0 Å². The minimum absolute atomic E-state index is 0.117. The van der Waals surface area contributed by atoms with Crippen molar-refractivity contribution in [2.75, 3.05) is 11.9 Å². The summed E-state index contributed by atoms with van der Waals surface area (Å²) in [6.07, 6.45) is 0. The molecule has 17 heavy (non-hydrogen) atoms. The number of aliphatic hydroxyl groups is 1. The molecule has 0 aliphatic carbocycles. The Hall–Kier alpha value is -1.55. The molecule has 0 bridgehead atoms. The number of benzene rings is 1. The third-order valence-electron chi connectivity index (χ3n) is 2.65. The summed E-state index contributed by atoms with van der Waals surface area (Å²) in [7, 11) is 0. The number of anilines is 1. The first-order chi connectivity index (χ1) is 8.11. The van der Waals surface area contributed by atoms with Crippen LogP contribution in [-0.2, 0) is 6.54 Å². The first-order valence-corrected chi connectivity index (χ1v) is 5.96. The van der Waals surface area contributed by atoms with E-state index < -0.39 is 0 Å². The average molecular weight is 233 g/mol. The number of imidazole rings is 1. The Bertz CT molecular complexity index is 517. The molecule has 1 heterocycles. The smallest absolute Gasteiger partial charge is 0.204 e. The van der Waals surface area contributed by atoms with E-state index in [0.717, 1.165) is 17.0 Å². The largest absolute Gasteiger partial charge is 0.395 e. The summed E-state index contributed by atoms with van der Waals surface area (Å²) in [5, 5.41) is 12.5. The van der Waals surface area contributed by atoms with Crippen LogP contribution in [0.3, 0.4) is 0 Å². The summed E-state index contributed by atoms with van der Waals surface area (Å²) in [6, 6.07) is 6.50. The number of fused-ring (bicyclic) bond motifs is 1. The van der Waals surface area contributed by atoms with E-state index in [4.69, 9.17) is 5.11 Å². The molecule has 0 amide bonds. The van der Waals surface area contributed by atoms with Gasteiger partial charge in [0, 0.05) is 12.6 Å². The van der Waals surface area contributed by atoms with Crippen molar-refractivity contribution in [1.29, 1.82) is 0 Å². The van der Waals surface area contributed by atoms with Crippen LogP contribution < -0.4 is 5.32 Å².